The summed E-state index contributed by atoms with van der Waals surface area (Å²) in [7, 11) is 4.03. The van der Waals surface area contributed by atoms with Gasteiger partial charge in [0.2, 0.25) is 0 Å². The Hall–Kier alpha value is -2.80. The van der Waals surface area contributed by atoms with E-state index in [1.807, 2.05) is 57.6 Å². The number of fused-ring (bicyclic) bond motifs is 1. The number of likely N-dealkylation sites (N-methyl/N-ethyl adjacent to an activating group) is 1. The van der Waals surface area contributed by atoms with Crippen LogP contribution in [0, 0.1) is 0 Å². The van der Waals surface area contributed by atoms with E-state index in [9.17, 15) is 0 Å². The van der Waals surface area contributed by atoms with Crippen LogP contribution in [0.5, 0.6) is 0 Å². The third-order valence-corrected chi connectivity index (χ3v) is 7.36. The van der Waals surface area contributed by atoms with Gasteiger partial charge in [-0.25, -0.2) is 9.97 Å². The van der Waals surface area contributed by atoms with Gasteiger partial charge in [-0.15, -0.1) is 0 Å². The van der Waals surface area contributed by atoms with Crippen molar-refractivity contribution < 1.29 is 0 Å². The average Bonchev–Trinajstić information content (AvgIpc) is 2.91. The molecule has 1 N–H and O–H groups in total. The average molecular weight is 508 g/mol. The first kappa shape index (κ1) is 26.8. The van der Waals surface area contributed by atoms with Crippen molar-refractivity contribution >= 4 is 56.8 Å². The van der Waals surface area contributed by atoms with Crippen LogP contribution in [0.1, 0.15) is 25.0 Å². The number of piperazine rings is 1. The van der Waals surface area contributed by atoms with E-state index >= 15 is 0 Å². The molecule has 0 unspecified atom stereocenters. The number of allylic oxidation sites excluding steroid dienone is 2. The van der Waals surface area contributed by atoms with Crippen molar-refractivity contribution in [2.45, 2.75) is 13.8 Å². The molecule has 4 rings (SSSR count). The van der Waals surface area contributed by atoms with Crippen molar-refractivity contribution in [1.82, 2.24) is 14.9 Å². The van der Waals surface area contributed by atoms with Crippen molar-refractivity contribution in [2.24, 2.45) is 0 Å². The minimum absolute atomic E-state index is 0.781. The molecule has 0 spiro atoms. The van der Waals surface area contributed by atoms with Gasteiger partial charge < -0.3 is 15.1 Å². The number of thioether (sulfide) groups is 1. The van der Waals surface area contributed by atoms with Gasteiger partial charge >= 0.3 is 0 Å². The van der Waals surface area contributed by atoms with Crippen molar-refractivity contribution in [3.05, 3.63) is 83.0 Å². The Labute approximate surface area is 218 Å². The number of nitrogens with zero attached hydrogens (tertiary/aromatic N) is 4. The lowest BCUT2D eigenvalue weighted by atomic mass is 10.1. The van der Waals surface area contributed by atoms with E-state index in [0.717, 1.165) is 58.0 Å². The molecule has 3 aromatic rings. The zero-order valence-electron chi connectivity index (χ0n) is 21.0. The predicted octanol–water partition coefficient (Wildman–Crippen LogP) is 6.95. The second-order valence-electron chi connectivity index (χ2n) is 8.17. The first-order chi connectivity index (χ1) is 17.0. The van der Waals surface area contributed by atoms with Gasteiger partial charge in [0.15, 0.2) is 0 Å². The summed E-state index contributed by atoms with van der Waals surface area (Å²) in [5, 5.41) is 5.36. The highest BCUT2D eigenvalue weighted by atomic mass is 35.5. The smallest absolute Gasteiger partial charge is 0.129 e. The maximum absolute atomic E-state index is 6.12. The Morgan fingerprint density at radius 1 is 1.03 bits per heavy atom. The fraction of sp³-hybridized carbons (Fsp3) is 0.286. The fourth-order valence-corrected chi connectivity index (χ4v) is 4.59. The summed E-state index contributed by atoms with van der Waals surface area (Å²) in [6.07, 6.45) is 9.58. The second kappa shape index (κ2) is 13.3. The van der Waals surface area contributed by atoms with E-state index in [2.05, 4.69) is 69.1 Å². The Morgan fingerprint density at radius 3 is 2.46 bits per heavy atom. The number of benzene rings is 1. The number of hydrogen-bond acceptors (Lipinski definition) is 6. The van der Waals surface area contributed by atoms with Gasteiger partial charge in [-0.05, 0) is 61.7 Å². The molecule has 184 valence electrons. The first-order valence-electron chi connectivity index (χ1n) is 11.7. The fourth-order valence-electron chi connectivity index (χ4n) is 3.65. The molecule has 0 aliphatic carbocycles. The predicted molar refractivity (Wildman–Crippen MR) is 156 cm³/mol. The van der Waals surface area contributed by atoms with Gasteiger partial charge in [-0.3, -0.25) is 0 Å². The molecular weight excluding hydrogens is 474 g/mol. The number of aromatic nitrogens is 2. The highest BCUT2D eigenvalue weighted by Crippen LogP contribution is 2.36. The van der Waals surface area contributed by atoms with Gasteiger partial charge in [-0.2, -0.15) is 0 Å². The van der Waals surface area contributed by atoms with Gasteiger partial charge in [-0.1, -0.05) is 60.3 Å². The molecule has 5 nitrogen and oxygen atoms in total. The largest absolute Gasteiger partial charge is 0.373 e. The standard InChI is InChI=1S/C16H17ClN2S.C12H17N3/c1-4-14(20-15(17)5-2)11-6-7-12-10-19-16(18-3)9-13(12)8-11;1-3-11-4-5-13-12(10-11)15-8-6-14(2)7-9-15/h4-10H,1-3H3,(H,18,19);3-5,10H,1,6-9H2,2H3/b14-4+,15-5-;. The number of rotatable bonds is 6. The minimum Gasteiger partial charge on any atom is -0.373 e. The zero-order chi connectivity index (χ0) is 25.2. The number of hydrogen-bond donors (Lipinski definition) is 1. The quantitative estimate of drug-likeness (QED) is 0.389. The van der Waals surface area contributed by atoms with E-state index in [-0.39, 0.29) is 0 Å². The van der Waals surface area contributed by atoms with Crippen LogP contribution in [0.4, 0.5) is 11.6 Å². The summed E-state index contributed by atoms with van der Waals surface area (Å²) in [6.45, 7) is 12.1. The lowest BCUT2D eigenvalue weighted by molar-refractivity contribution is 0.312. The first-order valence-corrected chi connectivity index (χ1v) is 12.9. The van der Waals surface area contributed by atoms with Crippen LogP contribution in [-0.2, 0) is 0 Å². The lowest BCUT2D eigenvalue weighted by Crippen LogP contribution is -2.44. The molecule has 0 bridgehead atoms. The molecule has 2 aromatic heterocycles. The van der Waals surface area contributed by atoms with Crippen LogP contribution in [0.15, 0.2) is 71.9 Å². The van der Waals surface area contributed by atoms with Crippen LogP contribution < -0.4 is 10.2 Å². The number of anilines is 2. The molecule has 1 aliphatic heterocycles. The molecule has 1 aromatic carbocycles. The van der Waals surface area contributed by atoms with E-state index in [0.29, 0.717) is 0 Å². The lowest BCUT2D eigenvalue weighted by Gasteiger charge is -2.33. The van der Waals surface area contributed by atoms with Crippen LogP contribution in [0.3, 0.4) is 0 Å². The summed E-state index contributed by atoms with van der Waals surface area (Å²) in [5.74, 6) is 1.94. The van der Waals surface area contributed by atoms with Crippen molar-refractivity contribution in [1.29, 1.82) is 0 Å². The van der Waals surface area contributed by atoms with Crippen LogP contribution in [0.25, 0.3) is 21.8 Å². The summed E-state index contributed by atoms with van der Waals surface area (Å²) in [4.78, 5) is 14.5. The van der Waals surface area contributed by atoms with Crippen molar-refractivity contribution in [3.63, 3.8) is 0 Å². The van der Waals surface area contributed by atoms with E-state index in [1.165, 1.54) is 10.9 Å². The summed E-state index contributed by atoms with van der Waals surface area (Å²) >= 11 is 7.69. The van der Waals surface area contributed by atoms with Gasteiger partial charge in [0.05, 0.1) is 4.36 Å². The van der Waals surface area contributed by atoms with Crippen molar-refractivity contribution in [2.75, 3.05) is 50.5 Å². The molecule has 0 saturated carbocycles. The number of nitrogens with one attached hydrogen (secondary N) is 1. The third-order valence-electron chi connectivity index (χ3n) is 5.79. The Kier molecular flexibility index (Phi) is 10.2. The van der Waals surface area contributed by atoms with E-state index in [1.54, 1.807) is 11.8 Å². The maximum atomic E-state index is 6.12. The molecule has 3 heterocycles. The molecular formula is C28H34ClN5S. The van der Waals surface area contributed by atoms with Crippen LogP contribution in [-0.4, -0.2) is 55.1 Å². The molecule has 35 heavy (non-hydrogen) atoms. The molecule has 0 radical (unpaired) electrons. The summed E-state index contributed by atoms with van der Waals surface area (Å²) < 4.78 is 0.781. The highest BCUT2D eigenvalue weighted by molar-refractivity contribution is 8.13. The Bertz CT molecular complexity index is 1200. The topological polar surface area (TPSA) is 44.3 Å². The molecule has 7 heteroatoms. The van der Waals surface area contributed by atoms with E-state index < -0.39 is 0 Å². The molecule has 1 aliphatic rings. The molecule has 0 amide bonds. The molecule has 1 saturated heterocycles. The molecule has 0 atom stereocenters. The SMILES string of the molecule is C/C=C(/Cl)S/C(=C/C)c1ccc2cnc(NC)cc2c1.C=Cc1ccnc(N2CCN(C)CC2)c1. The van der Waals surface area contributed by atoms with Crippen molar-refractivity contribution in [3.8, 4) is 0 Å². The Balaban J connectivity index is 0.000000203. The summed E-state index contributed by atoms with van der Waals surface area (Å²) in [5.41, 5.74) is 2.30. The third kappa shape index (κ3) is 7.59. The van der Waals surface area contributed by atoms with Gasteiger partial charge in [0.1, 0.15) is 11.6 Å². The van der Waals surface area contributed by atoms with Gasteiger partial charge in [0.25, 0.3) is 0 Å². The van der Waals surface area contributed by atoms with Crippen LogP contribution >= 0.6 is 23.4 Å². The highest BCUT2D eigenvalue weighted by Gasteiger charge is 2.14. The van der Waals surface area contributed by atoms with Gasteiger partial charge in [0, 0.05) is 55.9 Å². The minimum atomic E-state index is 0.781. The monoisotopic (exact) mass is 507 g/mol. The number of pyridine rings is 2. The van der Waals surface area contributed by atoms with Crippen LogP contribution in [0.2, 0.25) is 0 Å². The Morgan fingerprint density at radius 2 is 1.80 bits per heavy atom. The van der Waals surface area contributed by atoms with E-state index in [4.69, 9.17) is 11.6 Å². The second-order valence-corrected chi connectivity index (χ2v) is 9.89. The summed E-state index contributed by atoms with van der Waals surface area (Å²) in [6, 6.07) is 12.5. The number of halogens is 1. The maximum Gasteiger partial charge on any atom is 0.129 e. The normalized spacial score (nSPS) is 14.9. The zero-order valence-corrected chi connectivity index (χ0v) is 22.5. The molecule has 1 fully saturated rings.